The van der Waals surface area contributed by atoms with Gasteiger partial charge in [0.05, 0.1) is 16.3 Å². The van der Waals surface area contributed by atoms with Crippen molar-refractivity contribution in [2.24, 2.45) is 4.99 Å². The number of aryl methyl sites for hydroxylation is 1. The first-order valence-corrected chi connectivity index (χ1v) is 8.18. The molecule has 3 rings (SSSR count). The molecule has 0 aromatic heterocycles. The van der Waals surface area contributed by atoms with E-state index in [4.69, 9.17) is 16.3 Å². The molecule has 0 unspecified atom stereocenters. The molecular formula is C21H16ClNO2. The topological polar surface area (TPSA) is 38.7 Å². The Balaban J connectivity index is 1.69. The Morgan fingerprint density at radius 3 is 2.36 bits per heavy atom. The van der Waals surface area contributed by atoms with Gasteiger partial charge in [-0.25, -0.2) is 4.79 Å². The molecule has 0 radical (unpaired) electrons. The van der Waals surface area contributed by atoms with E-state index in [0.29, 0.717) is 16.3 Å². The highest BCUT2D eigenvalue weighted by Gasteiger charge is 2.11. The summed E-state index contributed by atoms with van der Waals surface area (Å²) in [6, 6.07) is 21.9. The van der Waals surface area contributed by atoms with E-state index in [2.05, 4.69) is 4.99 Å². The van der Waals surface area contributed by atoms with Crippen LogP contribution in [0.1, 0.15) is 21.5 Å². The van der Waals surface area contributed by atoms with E-state index in [-0.39, 0.29) is 0 Å². The number of rotatable bonds is 4. The fourth-order valence-corrected chi connectivity index (χ4v) is 2.48. The van der Waals surface area contributed by atoms with Crippen LogP contribution in [0.4, 0.5) is 5.69 Å². The number of ether oxygens (including phenoxy) is 1. The van der Waals surface area contributed by atoms with Crippen molar-refractivity contribution in [3.8, 4) is 5.75 Å². The monoisotopic (exact) mass is 349 g/mol. The third-order valence-electron chi connectivity index (χ3n) is 3.65. The Bertz CT molecular complexity index is 917. The summed E-state index contributed by atoms with van der Waals surface area (Å²) < 4.78 is 5.35. The summed E-state index contributed by atoms with van der Waals surface area (Å²) in [5, 5.41) is 0.370. The largest absolute Gasteiger partial charge is 0.423 e. The molecule has 3 aromatic carbocycles. The maximum Gasteiger partial charge on any atom is 0.345 e. The molecule has 25 heavy (non-hydrogen) atoms. The number of para-hydroxylation sites is 1. The van der Waals surface area contributed by atoms with E-state index in [0.717, 1.165) is 16.8 Å². The minimum absolute atomic E-state index is 0.342. The Kier molecular flexibility index (Phi) is 5.26. The van der Waals surface area contributed by atoms with E-state index in [1.165, 1.54) is 0 Å². The molecule has 4 heteroatoms. The number of carbonyl (C=O) groups is 1. The summed E-state index contributed by atoms with van der Waals surface area (Å²) >= 11 is 6.00. The predicted molar refractivity (Wildman–Crippen MR) is 101 cm³/mol. The molecule has 0 bridgehead atoms. The molecule has 3 aromatic rings. The lowest BCUT2D eigenvalue weighted by atomic mass is 10.2. The fourth-order valence-electron chi connectivity index (χ4n) is 2.26. The van der Waals surface area contributed by atoms with Crippen LogP contribution in [0.25, 0.3) is 0 Å². The van der Waals surface area contributed by atoms with Crippen molar-refractivity contribution >= 4 is 29.5 Å². The maximum absolute atomic E-state index is 12.1. The molecule has 0 amide bonds. The van der Waals surface area contributed by atoms with Gasteiger partial charge in [0, 0.05) is 6.21 Å². The summed E-state index contributed by atoms with van der Waals surface area (Å²) in [5.41, 5.74) is 3.30. The zero-order valence-electron chi connectivity index (χ0n) is 13.6. The van der Waals surface area contributed by atoms with E-state index < -0.39 is 5.97 Å². The summed E-state index contributed by atoms with van der Waals surface area (Å²) in [4.78, 5) is 16.6. The number of hydrogen-bond donors (Lipinski definition) is 0. The normalized spacial score (nSPS) is 10.8. The van der Waals surface area contributed by atoms with Gasteiger partial charge in [-0.3, -0.25) is 4.99 Å². The van der Waals surface area contributed by atoms with Crippen molar-refractivity contribution in [3.05, 3.63) is 94.5 Å². The molecule has 3 nitrogen and oxygen atoms in total. The van der Waals surface area contributed by atoms with Crippen LogP contribution in [0.2, 0.25) is 5.02 Å². The standard InChI is InChI=1S/C21H16ClNO2/c1-15-6-2-5-9-20(15)23-14-16-10-12-17(13-11-16)25-21(24)18-7-3-4-8-19(18)22/h2-14H,1H3. The van der Waals surface area contributed by atoms with Gasteiger partial charge >= 0.3 is 5.97 Å². The van der Waals surface area contributed by atoms with Gasteiger partial charge in [-0.2, -0.15) is 0 Å². The summed E-state index contributed by atoms with van der Waals surface area (Å²) in [7, 11) is 0. The summed E-state index contributed by atoms with van der Waals surface area (Å²) in [6.07, 6.45) is 1.78. The molecule has 0 heterocycles. The number of hydrogen-bond acceptors (Lipinski definition) is 3. The molecule has 0 aliphatic carbocycles. The lowest BCUT2D eigenvalue weighted by molar-refractivity contribution is 0.0735. The van der Waals surface area contributed by atoms with Crippen molar-refractivity contribution in [1.29, 1.82) is 0 Å². The molecule has 0 fully saturated rings. The number of benzene rings is 3. The van der Waals surface area contributed by atoms with Gasteiger partial charge in [0.25, 0.3) is 0 Å². The first-order valence-electron chi connectivity index (χ1n) is 7.80. The van der Waals surface area contributed by atoms with Gasteiger partial charge in [-0.15, -0.1) is 0 Å². The van der Waals surface area contributed by atoms with Crippen LogP contribution in [0.15, 0.2) is 77.8 Å². The van der Waals surface area contributed by atoms with Crippen LogP contribution in [-0.2, 0) is 0 Å². The Morgan fingerprint density at radius 1 is 0.960 bits per heavy atom. The van der Waals surface area contributed by atoms with E-state index in [1.807, 2.05) is 43.3 Å². The maximum atomic E-state index is 12.1. The van der Waals surface area contributed by atoms with Crippen LogP contribution >= 0.6 is 11.6 Å². The quantitative estimate of drug-likeness (QED) is 0.348. The van der Waals surface area contributed by atoms with Gasteiger partial charge in [0.15, 0.2) is 0 Å². The van der Waals surface area contributed by atoms with Crippen molar-refractivity contribution < 1.29 is 9.53 Å². The second-order valence-electron chi connectivity index (χ2n) is 5.48. The average Bonchev–Trinajstić information content (AvgIpc) is 2.62. The van der Waals surface area contributed by atoms with Crippen molar-refractivity contribution in [2.75, 3.05) is 0 Å². The molecule has 0 saturated heterocycles. The molecule has 0 aliphatic heterocycles. The Hall–Kier alpha value is -2.91. The average molecular weight is 350 g/mol. The van der Waals surface area contributed by atoms with Crippen molar-refractivity contribution in [1.82, 2.24) is 0 Å². The molecular weight excluding hydrogens is 334 g/mol. The number of carbonyl (C=O) groups excluding carboxylic acids is 1. The van der Waals surface area contributed by atoms with E-state index in [1.54, 1.807) is 42.6 Å². The first-order chi connectivity index (χ1) is 12.1. The Labute approximate surface area is 151 Å². The first kappa shape index (κ1) is 16.9. The minimum atomic E-state index is -0.480. The van der Waals surface area contributed by atoms with Crippen LogP contribution < -0.4 is 4.74 Å². The fraction of sp³-hybridized carbons (Fsp3) is 0.0476. The predicted octanol–water partition coefficient (Wildman–Crippen LogP) is 5.62. The lowest BCUT2D eigenvalue weighted by Crippen LogP contribution is -2.08. The number of nitrogens with zero attached hydrogens (tertiary/aromatic N) is 1. The SMILES string of the molecule is Cc1ccccc1N=Cc1ccc(OC(=O)c2ccccc2Cl)cc1. The molecule has 0 N–H and O–H groups in total. The second kappa shape index (κ2) is 7.77. The minimum Gasteiger partial charge on any atom is -0.423 e. The van der Waals surface area contributed by atoms with Gasteiger partial charge in [-0.05, 0) is 60.5 Å². The van der Waals surface area contributed by atoms with Crippen LogP contribution in [0.5, 0.6) is 5.75 Å². The third-order valence-corrected chi connectivity index (χ3v) is 3.98. The molecule has 124 valence electrons. The van der Waals surface area contributed by atoms with Gasteiger partial charge in [0.2, 0.25) is 0 Å². The zero-order valence-corrected chi connectivity index (χ0v) is 14.4. The zero-order chi connectivity index (χ0) is 17.6. The summed E-state index contributed by atoms with van der Waals surface area (Å²) in [5.74, 6) is -0.0233. The van der Waals surface area contributed by atoms with Gasteiger partial charge in [-0.1, -0.05) is 41.9 Å². The van der Waals surface area contributed by atoms with Crippen LogP contribution in [0.3, 0.4) is 0 Å². The highest BCUT2D eigenvalue weighted by molar-refractivity contribution is 6.33. The molecule has 0 spiro atoms. The second-order valence-corrected chi connectivity index (χ2v) is 5.89. The summed E-state index contributed by atoms with van der Waals surface area (Å²) in [6.45, 7) is 2.02. The van der Waals surface area contributed by atoms with Gasteiger partial charge < -0.3 is 4.74 Å². The van der Waals surface area contributed by atoms with Crippen molar-refractivity contribution in [3.63, 3.8) is 0 Å². The van der Waals surface area contributed by atoms with E-state index in [9.17, 15) is 4.79 Å². The lowest BCUT2D eigenvalue weighted by Gasteiger charge is -2.06. The Morgan fingerprint density at radius 2 is 1.64 bits per heavy atom. The van der Waals surface area contributed by atoms with Crippen molar-refractivity contribution in [2.45, 2.75) is 6.92 Å². The van der Waals surface area contributed by atoms with Crippen LogP contribution in [-0.4, -0.2) is 12.2 Å². The van der Waals surface area contributed by atoms with Crippen LogP contribution in [0, 0.1) is 6.92 Å². The molecule has 0 saturated carbocycles. The highest BCUT2D eigenvalue weighted by atomic mass is 35.5. The number of halogens is 1. The van der Waals surface area contributed by atoms with Gasteiger partial charge in [0.1, 0.15) is 5.75 Å². The third kappa shape index (κ3) is 4.34. The molecule has 0 aliphatic rings. The van der Waals surface area contributed by atoms with E-state index >= 15 is 0 Å². The molecule has 0 atom stereocenters. The number of aliphatic imine (C=N–C) groups is 1. The highest BCUT2D eigenvalue weighted by Crippen LogP contribution is 2.20. The smallest absolute Gasteiger partial charge is 0.345 e. The number of esters is 1.